The molecule has 1 aromatic heterocycles. The van der Waals surface area contributed by atoms with Gasteiger partial charge in [0, 0.05) is 51.9 Å². The maximum Gasteiger partial charge on any atom is 0.122 e. The molecule has 0 saturated carbocycles. The second kappa shape index (κ2) is 5.37. The quantitative estimate of drug-likeness (QED) is 0.737. The molecular weight excluding hydrogens is 345 g/mol. The van der Waals surface area contributed by atoms with Gasteiger partial charge < -0.3 is 9.40 Å². The van der Waals surface area contributed by atoms with Gasteiger partial charge in [-0.25, -0.2) is 4.39 Å². The summed E-state index contributed by atoms with van der Waals surface area (Å²) in [5, 5.41) is 0.304. The smallest absolute Gasteiger partial charge is 0.122 e. The molecule has 5 heteroatoms. The Balaban J connectivity index is 0.00000112. The SMILES string of the molecule is Cc1n[c-]oc1-c1c(F)cccc1Cl.[Pr]. The molecule has 0 aliphatic carbocycles. The van der Waals surface area contributed by atoms with Gasteiger partial charge in [-0.3, -0.25) is 0 Å². The van der Waals surface area contributed by atoms with Crippen molar-refractivity contribution < 1.29 is 50.1 Å². The molecule has 0 unspecified atom stereocenters. The summed E-state index contributed by atoms with van der Waals surface area (Å²) in [6.45, 7) is 1.71. The number of halogens is 2. The van der Waals surface area contributed by atoms with E-state index in [1.165, 1.54) is 12.1 Å². The Kier molecular flexibility index (Phi) is 4.69. The third-order valence-electron chi connectivity index (χ3n) is 1.88. The van der Waals surface area contributed by atoms with Crippen LogP contribution in [0.2, 0.25) is 5.02 Å². The van der Waals surface area contributed by atoms with Gasteiger partial charge >= 0.3 is 0 Å². The summed E-state index contributed by atoms with van der Waals surface area (Å²) in [6.07, 6.45) is 2.30. The summed E-state index contributed by atoms with van der Waals surface area (Å²) >= 11 is 5.85. The van der Waals surface area contributed by atoms with E-state index in [-0.39, 0.29) is 46.9 Å². The third-order valence-corrected chi connectivity index (χ3v) is 2.19. The van der Waals surface area contributed by atoms with Crippen molar-refractivity contribution in [3.8, 4) is 11.3 Å². The minimum absolute atomic E-state index is 0. The molecule has 2 rings (SSSR count). The van der Waals surface area contributed by atoms with E-state index in [0.717, 1.165) is 0 Å². The largest absolute Gasteiger partial charge is 0.573 e. The number of hydrogen-bond donors (Lipinski definition) is 0. The number of benzene rings is 1. The molecule has 1 aromatic carbocycles. The van der Waals surface area contributed by atoms with Gasteiger partial charge in [0.1, 0.15) is 12.2 Å². The molecule has 15 heavy (non-hydrogen) atoms. The Hall–Kier alpha value is 0.0136. The van der Waals surface area contributed by atoms with Gasteiger partial charge in [0.05, 0.1) is 0 Å². The maximum atomic E-state index is 13.4. The molecule has 1 heterocycles. The van der Waals surface area contributed by atoms with Crippen molar-refractivity contribution in [1.29, 1.82) is 0 Å². The normalized spacial score (nSPS) is 9.80. The molecule has 1 radical (unpaired) electrons. The maximum absolute atomic E-state index is 13.4. The van der Waals surface area contributed by atoms with E-state index in [4.69, 9.17) is 16.0 Å². The van der Waals surface area contributed by atoms with E-state index in [9.17, 15) is 4.39 Å². The van der Waals surface area contributed by atoms with Crippen LogP contribution in [0.4, 0.5) is 4.39 Å². The second-order valence-electron chi connectivity index (χ2n) is 2.82. The van der Waals surface area contributed by atoms with Crippen LogP contribution in [-0.4, -0.2) is 4.98 Å². The third kappa shape index (κ3) is 2.58. The first-order chi connectivity index (χ1) is 6.70. The Morgan fingerprint density at radius 2 is 2.20 bits per heavy atom. The molecule has 0 atom stereocenters. The Labute approximate surface area is 125 Å². The fourth-order valence-corrected chi connectivity index (χ4v) is 1.46. The van der Waals surface area contributed by atoms with Crippen LogP contribution in [0.25, 0.3) is 11.3 Å². The van der Waals surface area contributed by atoms with Crippen molar-refractivity contribution in [2.24, 2.45) is 0 Å². The van der Waals surface area contributed by atoms with Crippen LogP contribution in [0, 0.1) is 60.4 Å². The molecule has 0 fully saturated rings. The van der Waals surface area contributed by atoms with Crippen LogP contribution in [0.15, 0.2) is 22.6 Å². The molecule has 0 aliphatic rings. The zero-order valence-corrected chi connectivity index (χ0v) is 12.4. The van der Waals surface area contributed by atoms with E-state index in [2.05, 4.69) is 11.4 Å². The van der Waals surface area contributed by atoms with Crippen LogP contribution in [0.3, 0.4) is 0 Å². The van der Waals surface area contributed by atoms with Crippen LogP contribution >= 0.6 is 11.6 Å². The molecule has 0 saturated heterocycles. The predicted octanol–water partition coefficient (Wildman–Crippen LogP) is 3.24. The van der Waals surface area contributed by atoms with E-state index >= 15 is 0 Å². The minimum atomic E-state index is -0.425. The number of nitrogens with zero attached hydrogens (tertiary/aromatic N) is 1. The average Bonchev–Trinajstić information content (AvgIpc) is 2.52. The van der Waals surface area contributed by atoms with Crippen molar-refractivity contribution in [2.75, 3.05) is 0 Å². The number of rotatable bonds is 1. The van der Waals surface area contributed by atoms with Crippen molar-refractivity contribution in [1.82, 2.24) is 4.98 Å². The first-order valence-electron chi connectivity index (χ1n) is 3.98. The number of aryl methyl sites for hydroxylation is 1. The summed E-state index contributed by atoms with van der Waals surface area (Å²) in [4.78, 5) is 3.76. The van der Waals surface area contributed by atoms with E-state index < -0.39 is 5.82 Å². The molecule has 75 valence electrons. The zero-order chi connectivity index (χ0) is 10.1. The monoisotopic (exact) mass is 351 g/mol. The Morgan fingerprint density at radius 1 is 1.47 bits per heavy atom. The molecule has 0 amide bonds. The minimum Gasteiger partial charge on any atom is -0.573 e. The topological polar surface area (TPSA) is 26.0 Å². The first kappa shape index (κ1) is 13.1. The molecular formula is C10H6ClFNOPr-. The van der Waals surface area contributed by atoms with Crippen molar-refractivity contribution in [3.05, 3.63) is 41.1 Å². The fourth-order valence-electron chi connectivity index (χ4n) is 1.21. The average molecular weight is 352 g/mol. The zero-order valence-electron chi connectivity index (χ0n) is 7.92. The Bertz CT molecular complexity index is 452. The van der Waals surface area contributed by atoms with Gasteiger partial charge in [-0.2, -0.15) is 0 Å². The van der Waals surface area contributed by atoms with Crippen molar-refractivity contribution in [3.63, 3.8) is 0 Å². The first-order valence-corrected chi connectivity index (χ1v) is 4.36. The van der Waals surface area contributed by atoms with Crippen LogP contribution in [-0.2, 0) is 0 Å². The standard InChI is InChI=1S/C10H6ClFNO.Pr/c1-6-10(14-5-13-6)9-7(11)3-2-4-8(9)12;/h2-4H,1H3;/q-1;. The van der Waals surface area contributed by atoms with Gasteiger partial charge in [0.15, 0.2) is 0 Å². The molecule has 2 aromatic rings. The fraction of sp³-hybridized carbons (Fsp3) is 0.100. The van der Waals surface area contributed by atoms with Gasteiger partial charge in [-0.05, 0) is 17.9 Å². The molecule has 0 N–H and O–H groups in total. The van der Waals surface area contributed by atoms with Crippen molar-refractivity contribution in [2.45, 2.75) is 6.92 Å². The summed E-state index contributed by atoms with van der Waals surface area (Å²) in [5.41, 5.74) is 0.803. The van der Waals surface area contributed by atoms with E-state index in [1.807, 2.05) is 0 Å². The van der Waals surface area contributed by atoms with Gasteiger partial charge in [0.25, 0.3) is 0 Å². The predicted molar refractivity (Wildman–Crippen MR) is 50.5 cm³/mol. The van der Waals surface area contributed by atoms with Crippen LogP contribution in [0.5, 0.6) is 0 Å². The summed E-state index contributed by atoms with van der Waals surface area (Å²) in [6, 6.07) is 4.46. The summed E-state index contributed by atoms with van der Waals surface area (Å²) in [5.74, 6) is -0.0983. The van der Waals surface area contributed by atoms with Gasteiger partial charge in [-0.15, -0.1) is 0 Å². The van der Waals surface area contributed by atoms with Crippen LogP contribution in [0.1, 0.15) is 5.69 Å². The second-order valence-corrected chi connectivity index (χ2v) is 3.22. The molecule has 2 nitrogen and oxygen atoms in total. The Morgan fingerprint density at radius 3 is 2.73 bits per heavy atom. The van der Waals surface area contributed by atoms with Crippen molar-refractivity contribution >= 4 is 11.6 Å². The summed E-state index contributed by atoms with van der Waals surface area (Å²) in [7, 11) is 0. The van der Waals surface area contributed by atoms with E-state index in [0.29, 0.717) is 16.5 Å². The van der Waals surface area contributed by atoms with Gasteiger partial charge in [0.2, 0.25) is 0 Å². The molecule has 0 spiro atoms. The number of hydrogen-bond acceptors (Lipinski definition) is 2. The number of aromatic nitrogens is 1. The molecule has 0 aliphatic heterocycles. The van der Waals surface area contributed by atoms with E-state index in [1.54, 1.807) is 13.0 Å². The van der Waals surface area contributed by atoms with Gasteiger partial charge in [-0.1, -0.05) is 30.3 Å². The number of oxazole rings is 1. The van der Waals surface area contributed by atoms with Crippen LogP contribution < -0.4 is 0 Å². The molecule has 0 bridgehead atoms. The summed E-state index contributed by atoms with van der Waals surface area (Å²) < 4.78 is 18.4.